The van der Waals surface area contributed by atoms with Crippen LogP contribution in [-0.2, 0) is 6.54 Å². The number of rotatable bonds is 4. The van der Waals surface area contributed by atoms with Gasteiger partial charge in [0.15, 0.2) is 0 Å². The number of fused-ring (bicyclic) bond motifs is 1. The van der Waals surface area contributed by atoms with E-state index in [2.05, 4.69) is 37.1 Å². The molecular weight excluding hydrogens is 262 g/mol. The average Bonchev–Trinajstić information content (AvgIpc) is 2.60. The number of ether oxygens (including phenoxy) is 1. The lowest BCUT2D eigenvalue weighted by Gasteiger charge is -2.26. The maximum Gasteiger partial charge on any atom is 0.125 e. The normalized spacial score (nSPS) is 18.4. The number of nitrogens with one attached hydrogen (secondary N) is 1. The van der Waals surface area contributed by atoms with Gasteiger partial charge in [0, 0.05) is 31.2 Å². The van der Waals surface area contributed by atoms with Crippen LogP contribution < -0.4 is 15.8 Å². The second kappa shape index (κ2) is 6.85. The number of anilines is 2. The fourth-order valence-electron chi connectivity index (χ4n) is 2.59. The highest BCUT2D eigenvalue weighted by Gasteiger charge is 2.23. The molecule has 116 valence electrons. The maximum absolute atomic E-state index is 6.14. The molecule has 0 unspecified atom stereocenters. The van der Waals surface area contributed by atoms with E-state index in [0.717, 1.165) is 36.8 Å². The van der Waals surface area contributed by atoms with Crippen molar-refractivity contribution in [3.63, 3.8) is 0 Å². The minimum atomic E-state index is 0.446. The highest BCUT2D eigenvalue weighted by molar-refractivity contribution is 5.74. The van der Waals surface area contributed by atoms with Gasteiger partial charge in [0.2, 0.25) is 0 Å². The Morgan fingerprint density at radius 1 is 1.48 bits per heavy atom. The van der Waals surface area contributed by atoms with Gasteiger partial charge in [0.05, 0.1) is 18.0 Å². The summed E-state index contributed by atoms with van der Waals surface area (Å²) in [4.78, 5) is 2.45. The Balaban J connectivity index is 2.34. The van der Waals surface area contributed by atoms with E-state index in [1.807, 2.05) is 19.1 Å². The van der Waals surface area contributed by atoms with Gasteiger partial charge in [-0.2, -0.15) is 0 Å². The number of hydrogen-bond acceptors (Lipinski definition) is 4. The third-order valence-corrected chi connectivity index (χ3v) is 3.89. The summed E-state index contributed by atoms with van der Waals surface area (Å²) in [5.74, 6) is 0.936. The molecule has 0 aliphatic carbocycles. The molecule has 0 bridgehead atoms. The van der Waals surface area contributed by atoms with Crippen molar-refractivity contribution in [1.29, 1.82) is 0 Å². The third kappa shape index (κ3) is 3.70. The maximum atomic E-state index is 6.14. The molecule has 4 heteroatoms. The van der Waals surface area contributed by atoms with Crippen molar-refractivity contribution >= 4 is 11.4 Å². The van der Waals surface area contributed by atoms with Gasteiger partial charge < -0.3 is 15.8 Å². The summed E-state index contributed by atoms with van der Waals surface area (Å²) in [5.41, 5.74) is 10.5. The Hall–Kier alpha value is -1.68. The summed E-state index contributed by atoms with van der Waals surface area (Å²) in [6.45, 7) is 11.9. The lowest BCUT2D eigenvalue weighted by molar-refractivity contribution is 0.231. The van der Waals surface area contributed by atoms with Crippen LogP contribution in [0.5, 0.6) is 5.75 Å². The number of hydrogen-bond donors (Lipinski definition) is 2. The van der Waals surface area contributed by atoms with Crippen LogP contribution in [0.15, 0.2) is 23.8 Å². The first kappa shape index (κ1) is 15.7. The van der Waals surface area contributed by atoms with Crippen LogP contribution in [-0.4, -0.2) is 30.6 Å². The lowest BCUT2D eigenvalue weighted by Crippen LogP contribution is -2.35. The van der Waals surface area contributed by atoms with Crippen LogP contribution in [0.4, 0.5) is 11.4 Å². The van der Waals surface area contributed by atoms with Crippen molar-refractivity contribution < 1.29 is 4.74 Å². The van der Waals surface area contributed by atoms with Gasteiger partial charge >= 0.3 is 0 Å². The predicted octanol–water partition coefficient (Wildman–Crippen LogP) is 3.25. The number of benzene rings is 1. The highest BCUT2D eigenvalue weighted by Crippen LogP contribution is 2.35. The minimum absolute atomic E-state index is 0.446. The summed E-state index contributed by atoms with van der Waals surface area (Å²) in [7, 11) is 0. The quantitative estimate of drug-likeness (QED) is 0.660. The molecule has 0 radical (unpaired) electrons. The molecule has 1 atom stereocenters. The van der Waals surface area contributed by atoms with Crippen LogP contribution in [0.1, 0.15) is 33.3 Å². The largest absolute Gasteiger partial charge is 0.493 e. The van der Waals surface area contributed by atoms with E-state index in [4.69, 9.17) is 10.5 Å². The van der Waals surface area contributed by atoms with Gasteiger partial charge in [-0.15, -0.1) is 0 Å². The number of nitrogen functional groups attached to an aromatic ring is 1. The summed E-state index contributed by atoms with van der Waals surface area (Å²) < 4.78 is 5.79. The van der Waals surface area contributed by atoms with Crippen molar-refractivity contribution in [3.8, 4) is 5.75 Å². The molecule has 0 amide bonds. The summed E-state index contributed by atoms with van der Waals surface area (Å²) in [6.07, 6.45) is 2.27. The second-order valence-corrected chi connectivity index (χ2v) is 5.88. The van der Waals surface area contributed by atoms with E-state index >= 15 is 0 Å². The number of nitrogens with two attached hydrogens (primary N) is 1. The first-order chi connectivity index (χ1) is 10.0. The zero-order valence-corrected chi connectivity index (χ0v) is 13.6. The van der Waals surface area contributed by atoms with Crippen molar-refractivity contribution in [3.05, 3.63) is 29.3 Å². The first-order valence-corrected chi connectivity index (χ1v) is 7.68. The molecule has 0 saturated heterocycles. The topological polar surface area (TPSA) is 50.5 Å². The lowest BCUT2D eigenvalue weighted by atomic mass is 10.1. The van der Waals surface area contributed by atoms with E-state index < -0.39 is 0 Å². The molecule has 1 heterocycles. The van der Waals surface area contributed by atoms with E-state index in [0.29, 0.717) is 12.6 Å². The molecule has 1 aromatic rings. The summed E-state index contributed by atoms with van der Waals surface area (Å²) >= 11 is 0. The second-order valence-electron chi connectivity index (χ2n) is 5.88. The monoisotopic (exact) mass is 289 g/mol. The molecule has 1 aromatic carbocycles. The van der Waals surface area contributed by atoms with Gasteiger partial charge in [-0.25, -0.2) is 0 Å². The van der Waals surface area contributed by atoms with E-state index in [1.165, 1.54) is 11.1 Å². The van der Waals surface area contributed by atoms with E-state index in [-0.39, 0.29) is 0 Å². The Kier molecular flexibility index (Phi) is 5.12. The Morgan fingerprint density at radius 2 is 2.24 bits per heavy atom. The zero-order valence-electron chi connectivity index (χ0n) is 13.6. The molecule has 0 spiro atoms. The first-order valence-electron chi connectivity index (χ1n) is 7.68. The number of allylic oxidation sites excluding steroid dienone is 1. The molecule has 1 aliphatic heterocycles. The van der Waals surface area contributed by atoms with Crippen LogP contribution in [0.25, 0.3) is 0 Å². The minimum Gasteiger partial charge on any atom is -0.493 e. The van der Waals surface area contributed by atoms with Crippen LogP contribution in [0.2, 0.25) is 0 Å². The van der Waals surface area contributed by atoms with Gasteiger partial charge in [-0.05, 0) is 39.8 Å². The molecule has 0 aromatic heterocycles. The fourth-order valence-corrected chi connectivity index (χ4v) is 2.59. The van der Waals surface area contributed by atoms with Crippen LogP contribution in [0.3, 0.4) is 0 Å². The predicted molar refractivity (Wildman–Crippen MR) is 89.8 cm³/mol. The third-order valence-electron chi connectivity index (χ3n) is 3.89. The molecule has 21 heavy (non-hydrogen) atoms. The molecule has 0 saturated carbocycles. The smallest absolute Gasteiger partial charge is 0.125 e. The van der Waals surface area contributed by atoms with Crippen LogP contribution >= 0.6 is 0 Å². The van der Waals surface area contributed by atoms with E-state index in [1.54, 1.807) is 0 Å². The molecule has 1 aliphatic rings. The Morgan fingerprint density at radius 3 is 2.90 bits per heavy atom. The van der Waals surface area contributed by atoms with Gasteiger partial charge in [-0.3, -0.25) is 4.90 Å². The summed E-state index contributed by atoms with van der Waals surface area (Å²) in [5, 5.41) is 3.49. The Bertz CT molecular complexity index is 521. The van der Waals surface area contributed by atoms with Gasteiger partial charge in [0.25, 0.3) is 0 Å². The van der Waals surface area contributed by atoms with Crippen molar-refractivity contribution in [1.82, 2.24) is 4.90 Å². The molecule has 0 fully saturated rings. The fraction of sp³-hybridized carbons (Fsp3) is 0.529. The zero-order chi connectivity index (χ0) is 15.4. The van der Waals surface area contributed by atoms with Crippen molar-refractivity contribution in [2.75, 3.05) is 30.7 Å². The van der Waals surface area contributed by atoms with Gasteiger partial charge in [0.1, 0.15) is 5.75 Å². The molecular formula is C17H27N3O. The Labute approximate surface area is 128 Å². The number of nitrogens with zero attached hydrogens (tertiary/aromatic N) is 1. The van der Waals surface area contributed by atoms with E-state index in [9.17, 15) is 0 Å². The van der Waals surface area contributed by atoms with Crippen LogP contribution in [0, 0.1) is 0 Å². The highest BCUT2D eigenvalue weighted by atomic mass is 16.5. The average molecular weight is 289 g/mol. The molecule has 3 N–H and O–H groups in total. The standard InChI is InChI=1S/C17H27N3O/c1-5-21-16-7-6-15(18)17-14(16)11-20(9-8-12(2)3)13(4)10-19-17/h6-8,13,19H,5,9-11,18H2,1-4H3/t13-/m0/s1. The van der Waals surface area contributed by atoms with Crippen molar-refractivity contribution in [2.24, 2.45) is 0 Å². The summed E-state index contributed by atoms with van der Waals surface area (Å²) in [6, 6.07) is 4.35. The van der Waals surface area contributed by atoms with Crippen molar-refractivity contribution in [2.45, 2.75) is 40.3 Å². The molecule has 4 nitrogen and oxygen atoms in total. The molecule has 2 rings (SSSR count). The SMILES string of the molecule is CCOc1ccc(N)c2c1CN(CC=C(C)C)[C@@H](C)CN2. The van der Waals surface area contributed by atoms with Gasteiger partial charge in [-0.1, -0.05) is 11.6 Å².